The van der Waals surface area contributed by atoms with Crippen LogP contribution >= 0.6 is 0 Å². The molecule has 0 saturated carbocycles. The molecule has 0 atom stereocenters. The molecule has 6 heteroatoms. The van der Waals surface area contributed by atoms with Gasteiger partial charge in [-0.1, -0.05) is 48.5 Å². The standard InChI is InChI=1S/C36H24N4O2/c37-35-24-19-22(39-26-9-1-5-13-30(26)41-31-14-6-2-10-27(31)39)17-21-18-23(20-25(34(21)24)36(35)38)40-28-11-3-7-15-32(28)42-33-16-8-4-12-29(33)40/h1-20H,37-38H2. The number of ether oxygens (including phenoxy) is 2. The van der Waals surface area contributed by atoms with Gasteiger partial charge in [0.2, 0.25) is 0 Å². The van der Waals surface area contributed by atoms with Gasteiger partial charge in [0.15, 0.2) is 23.0 Å². The Labute approximate surface area is 242 Å². The predicted octanol–water partition coefficient (Wildman–Crippen LogP) is 9.05. The van der Waals surface area contributed by atoms with Crippen LogP contribution in [0.4, 0.5) is 34.1 Å². The minimum absolute atomic E-state index is 0.589. The summed E-state index contributed by atoms with van der Waals surface area (Å²) in [6, 6.07) is 41.1. The quantitative estimate of drug-likeness (QED) is 0.226. The lowest BCUT2D eigenvalue weighted by Crippen LogP contribution is -2.16. The first-order valence-corrected chi connectivity index (χ1v) is 13.9. The van der Waals surface area contributed by atoms with Crippen molar-refractivity contribution in [1.82, 2.24) is 0 Å². The zero-order valence-corrected chi connectivity index (χ0v) is 22.4. The third-order valence-electron chi connectivity index (χ3n) is 8.27. The molecule has 3 aliphatic rings. The highest BCUT2D eigenvalue weighted by Crippen LogP contribution is 2.54. The molecule has 42 heavy (non-hydrogen) atoms. The van der Waals surface area contributed by atoms with Crippen LogP contribution in [0.25, 0.3) is 22.2 Å². The summed E-state index contributed by atoms with van der Waals surface area (Å²) in [6.45, 7) is 0. The van der Waals surface area contributed by atoms with Gasteiger partial charge in [-0.3, -0.25) is 0 Å². The Morgan fingerprint density at radius 1 is 0.429 bits per heavy atom. The fourth-order valence-corrected chi connectivity index (χ4v) is 6.42. The van der Waals surface area contributed by atoms with Gasteiger partial charge in [-0.05, 0) is 78.2 Å². The topological polar surface area (TPSA) is 77.0 Å². The van der Waals surface area contributed by atoms with Crippen LogP contribution in [-0.2, 0) is 0 Å². The lowest BCUT2D eigenvalue weighted by Gasteiger charge is -2.34. The van der Waals surface area contributed by atoms with E-state index in [4.69, 9.17) is 20.9 Å². The van der Waals surface area contributed by atoms with Gasteiger partial charge in [0.1, 0.15) is 0 Å². The van der Waals surface area contributed by atoms with E-state index in [1.807, 2.05) is 72.8 Å². The third-order valence-corrected chi connectivity index (χ3v) is 8.27. The second kappa shape index (κ2) is 8.32. The first-order valence-electron chi connectivity index (χ1n) is 13.9. The molecule has 0 radical (unpaired) electrons. The van der Waals surface area contributed by atoms with Crippen molar-refractivity contribution in [2.75, 3.05) is 9.80 Å². The van der Waals surface area contributed by atoms with Crippen molar-refractivity contribution in [2.45, 2.75) is 0 Å². The molecule has 6 nitrogen and oxygen atoms in total. The molecule has 2 aliphatic heterocycles. The SMILES string of the molecule is NC1=C(N)c2cc(N3c4ccccc4Oc4ccccc43)cc3cc(N4c5ccccc5Oc5ccccc54)cc1c23. The highest BCUT2D eigenvalue weighted by atomic mass is 16.5. The van der Waals surface area contributed by atoms with E-state index in [0.29, 0.717) is 11.4 Å². The smallest absolute Gasteiger partial charge is 0.151 e. The Bertz CT molecular complexity index is 1910. The van der Waals surface area contributed by atoms with Crippen molar-refractivity contribution >= 4 is 56.3 Å². The zero-order chi connectivity index (χ0) is 27.9. The van der Waals surface area contributed by atoms with Crippen molar-refractivity contribution in [2.24, 2.45) is 11.5 Å². The number of nitrogens with zero attached hydrogens (tertiary/aromatic N) is 2. The minimum Gasteiger partial charge on any atom is -0.453 e. The van der Waals surface area contributed by atoms with Gasteiger partial charge < -0.3 is 30.7 Å². The molecule has 0 aromatic heterocycles. The van der Waals surface area contributed by atoms with Gasteiger partial charge in [-0.15, -0.1) is 0 Å². The van der Waals surface area contributed by atoms with Crippen LogP contribution in [0.2, 0.25) is 0 Å². The number of fused-ring (bicyclic) bond motifs is 4. The number of hydrogen-bond acceptors (Lipinski definition) is 6. The second-order valence-corrected chi connectivity index (χ2v) is 10.7. The fourth-order valence-electron chi connectivity index (χ4n) is 6.42. The summed E-state index contributed by atoms with van der Waals surface area (Å²) in [4.78, 5) is 4.47. The van der Waals surface area contributed by atoms with Gasteiger partial charge >= 0.3 is 0 Å². The van der Waals surface area contributed by atoms with Crippen LogP contribution in [0.3, 0.4) is 0 Å². The average molecular weight is 545 g/mol. The minimum atomic E-state index is 0.589. The number of nitrogens with two attached hydrogens (primary N) is 2. The molecule has 0 unspecified atom stereocenters. The van der Waals surface area contributed by atoms with Crippen molar-refractivity contribution in [3.05, 3.63) is 132 Å². The largest absolute Gasteiger partial charge is 0.453 e. The van der Waals surface area contributed by atoms with E-state index in [0.717, 1.165) is 79.0 Å². The van der Waals surface area contributed by atoms with Crippen molar-refractivity contribution in [1.29, 1.82) is 0 Å². The summed E-state index contributed by atoms with van der Waals surface area (Å²) in [5.41, 5.74) is 22.3. The van der Waals surface area contributed by atoms with E-state index in [-0.39, 0.29) is 0 Å². The van der Waals surface area contributed by atoms with Gasteiger partial charge in [-0.2, -0.15) is 0 Å². The molecule has 1 aliphatic carbocycles. The van der Waals surface area contributed by atoms with Gasteiger partial charge in [0, 0.05) is 27.9 Å². The van der Waals surface area contributed by atoms with E-state index in [2.05, 4.69) is 58.3 Å². The van der Waals surface area contributed by atoms with Crippen LogP contribution < -0.4 is 30.7 Å². The Hall–Kier alpha value is -5.88. The fraction of sp³-hybridized carbons (Fsp3) is 0. The van der Waals surface area contributed by atoms with Gasteiger partial charge in [0.25, 0.3) is 0 Å². The summed E-state index contributed by atoms with van der Waals surface area (Å²) < 4.78 is 12.5. The van der Waals surface area contributed by atoms with Gasteiger partial charge in [0.05, 0.1) is 34.1 Å². The molecule has 6 aromatic carbocycles. The maximum absolute atomic E-state index is 6.73. The Morgan fingerprint density at radius 3 is 1.12 bits per heavy atom. The lowest BCUT2D eigenvalue weighted by atomic mass is 9.99. The molecule has 0 saturated heterocycles. The Morgan fingerprint density at radius 2 is 0.762 bits per heavy atom. The van der Waals surface area contributed by atoms with E-state index in [1.54, 1.807) is 0 Å². The molecule has 0 amide bonds. The molecule has 0 spiro atoms. The number of benzene rings is 6. The molecule has 0 bridgehead atoms. The monoisotopic (exact) mass is 544 g/mol. The molecule has 6 aromatic rings. The summed E-state index contributed by atoms with van der Waals surface area (Å²) in [6.07, 6.45) is 0. The van der Waals surface area contributed by atoms with Crippen LogP contribution in [0, 0.1) is 0 Å². The van der Waals surface area contributed by atoms with E-state index in [9.17, 15) is 0 Å². The van der Waals surface area contributed by atoms with Crippen LogP contribution in [-0.4, -0.2) is 0 Å². The summed E-state index contributed by atoms with van der Waals surface area (Å²) >= 11 is 0. The molecular weight excluding hydrogens is 520 g/mol. The molecular formula is C36H24N4O2. The number of hydrogen-bond donors (Lipinski definition) is 2. The van der Waals surface area contributed by atoms with Crippen LogP contribution in [0.15, 0.2) is 121 Å². The Balaban J connectivity index is 1.31. The predicted molar refractivity (Wildman–Crippen MR) is 169 cm³/mol. The summed E-state index contributed by atoms with van der Waals surface area (Å²) in [5, 5.41) is 2.10. The lowest BCUT2D eigenvalue weighted by molar-refractivity contribution is 0.477. The first kappa shape index (κ1) is 22.9. The maximum atomic E-state index is 6.73. The van der Waals surface area contributed by atoms with Crippen molar-refractivity contribution in [3.63, 3.8) is 0 Å². The highest BCUT2D eigenvalue weighted by molar-refractivity contribution is 6.15. The number of rotatable bonds is 2. The molecule has 2 heterocycles. The Kier molecular flexibility index (Phi) is 4.53. The maximum Gasteiger partial charge on any atom is 0.151 e. The van der Waals surface area contributed by atoms with Crippen molar-refractivity contribution in [3.8, 4) is 23.0 Å². The first-order chi connectivity index (χ1) is 20.7. The summed E-state index contributed by atoms with van der Waals surface area (Å²) in [5.74, 6) is 3.19. The van der Waals surface area contributed by atoms with Crippen LogP contribution in [0.1, 0.15) is 11.1 Å². The third kappa shape index (κ3) is 3.09. The van der Waals surface area contributed by atoms with Crippen molar-refractivity contribution < 1.29 is 9.47 Å². The molecule has 9 rings (SSSR count). The van der Waals surface area contributed by atoms with Crippen LogP contribution in [0.5, 0.6) is 23.0 Å². The molecule has 4 N–H and O–H groups in total. The highest BCUT2D eigenvalue weighted by Gasteiger charge is 2.31. The second-order valence-electron chi connectivity index (χ2n) is 10.7. The van der Waals surface area contributed by atoms with E-state index >= 15 is 0 Å². The van der Waals surface area contributed by atoms with E-state index in [1.165, 1.54) is 0 Å². The van der Waals surface area contributed by atoms with E-state index < -0.39 is 0 Å². The number of anilines is 6. The zero-order valence-electron chi connectivity index (χ0n) is 22.4. The summed E-state index contributed by atoms with van der Waals surface area (Å²) in [7, 11) is 0. The van der Waals surface area contributed by atoms with Gasteiger partial charge in [-0.25, -0.2) is 0 Å². The molecule has 0 fully saturated rings. The normalized spacial score (nSPS) is 14.1. The number of para-hydroxylation sites is 8. The molecule has 200 valence electrons. The average Bonchev–Trinajstić information content (AvgIpc) is 3.27.